The zero-order chi connectivity index (χ0) is 19.4. The van der Waals surface area contributed by atoms with Crippen molar-refractivity contribution in [1.29, 1.82) is 0 Å². The molecule has 0 bridgehead atoms. The quantitative estimate of drug-likeness (QED) is 0.767. The van der Waals surface area contributed by atoms with Crippen LogP contribution >= 0.6 is 11.3 Å². The van der Waals surface area contributed by atoms with Crippen molar-refractivity contribution in [3.8, 4) is 11.8 Å². The number of piperidine rings is 1. The van der Waals surface area contributed by atoms with Gasteiger partial charge in [0.05, 0.1) is 4.88 Å². The smallest absolute Gasteiger partial charge is 0.160 e. The minimum atomic E-state index is -0.990. The molecule has 1 aromatic carbocycles. The fourth-order valence-corrected chi connectivity index (χ4v) is 4.01. The molecule has 1 aliphatic heterocycles. The summed E-state index contributed by atoms with van der Waals surface area (Å²) in [4.78, 5) is 4.53. The summed E-state index contributed by atoms with van der Waals surface area (Å²) >= 11 is 1.64. The van der Waals surface area contributed by atoms with Crippen LogP contribution in [0.4, 0.5) is 14.5 Å². The normalized spacial score (nSPS) is 18.0. The van der Waals surface area contributed by atoms with E-state index in [0.29, 0.717) is 5.69 Å². The fraction of sp³-hybridized carbons (Fsp3) is 0.429. The Bertz CT molecular complexity index is 848. The Kier molecular flexibility index (Phi) is 6.15. The first kappa shape index (κ1) is 19.8. The van der Waals surface area contributed by atoms with E-state index >= 15 is 0 Å². The number of nitrogens with one attached hydrogen (secondary N) is 1. The van der Waals surface area contributed by atoms with Crippen molar-refractivity contribution < 1.29 is 13.9 Å². The predicted molar refractivity (Wildman–Crippen MR) is 106 cm³/mol. The lowest BCUT2D eigenvalue weighted by Crippen LogP contribution is -2.41. The number of likely N-dealkylation sites (tertiary alicyclic amines) is 1. The Morgan fingerprint density at radius 3 is 2.81 bits per heavy atom. The molecule has 0 aliphatic carbocycles. The predicted octanol–water partition coefficient (Wildman–Crippen LogP) is 4.23. The highest BCUT2D eigenvalue weighted by molar-refractivity contribution is 7.12. The third-order valence-corrected chi connectivity index (χ3v) is 5.31. The second-order valence-electron chi connectivity index (χ2n) is 7.42. The van der Waals surface area contributed by atoms with Gasteiger partial charge in [0.15, 0.2) is 11.6 Å². The summed E-state index contributed by atoms with van der Waals surface area (Å²) in [6, 6.07) is 8.20. The van der Waals surface area contributed by atoms with E-state index in [-0.39, 0.29) is 6.04 Å². The van der Waals surface area contributed by atoms with Crippen LogP contribution in [-0.2, 0) is 6.54 Å². The molecule has 0 amide bonds. The van der Waals surface area contributed by atoms with E-state index in [1.54, 1.807) is 31.3 Å². The summed E-state index contributed by atoms with van der Waals surface area (Å²) in [6.45, 7) is 6.04. The molecule has 0 spiro atoms. The molecular weight excluding hydrogens is 366 g/mol. The first-order valence-corrected chi connectivity index (χ1v) is 9.88. The Morgan fingerprint density at radius 1 is 1.26 bits per heavy atom. The number of aliphatic hydroxyl groups is 1. The first-order chi connectivity index (χ1) is 12.8. The zero-order valence-corrected chi connectivity index (χ0v) is 16.4. The van der Waals surface area contributed by atoms with Crippen molar-refractivity contribution in [3.05, 3.63) is 51.7 Å². The van der Waals surface area contributed by atoms with E-state index in [9.17, 15) is 13.9 Å². The van der Waals surface area contributed by atoms with Crippen molar-refractivity contribution in [2.75, 3.05) is 18.4 Å². The Balaban J connectivity index is 1.57. The topological polar surface area (TPSA) is 35.5 Å². The molecule has 2 heterocycles. The molecule has 27 heavy (non-hydrogen) atoms. The number of rotatable bonds is 4. The van der Waals surface area contributed by atoms with E-state index in [2.05, 4.69) is 28.1 Å². The summed E-state index contributed by atoms with van der Waals surface area (Å²) in [5, 5.41) is 13.0. The highest BCUT2D eigenvalue weighted by Gasteiger charge is 2.20. The summed E-state index contributed by atoms with van der Waals surface area (Å²) in [5.74, 6) is 4.19. The van der Waals surface area contributed by atoms with Crippen LogP contribution in [0, 0.1) is 23.5 Å². The van der Waals surface area contributed by atoms with Crippen molar-refractivity contribution in [2.24, 2.45) is 0 Å². The molecular formula is C21H24F2N2OS. The third kappa shape index (κ3) is 6.03. The van der Waals surface area contributed by atoms with E-state index in [4.69, 9.17) is 0 Å². The van der Waals surface area contributed by atoms with Crippen LogP contribution in [-0.4, -0.2) is 34.7 Å². The van der Waals surface area contributed by atoms with Crippen molar-refractivity contribution in [3.63, 3.8) is 0 Å². The highest BCUT2D eigenvalue weighted by Crippen LogP contribution is 2.22. The van der Waals surface area contributed by atoms with Gasteiger partial charge in [-0.1, -0.05) is 11.8 Å². The molecule has 1 unspecified atom stereocenters. The molecule has 0 saturated carbocycles. The lowest BCUT2D eigenvalue weighted by molar-refractivity contribution is 0.143. The van der Waals surface area contributed by atoms with Crippen LogP contribution in [0.1, 0.15) is 36.4 Å². The fourth-order valence-electron chi connectivity index (χ4n) is 3.10. The van der Waals surface area contributed by atoms with Gasteiger partial charge in [-0.15, -0.1) is 11.3 Å². The molecule has 1 aromatic heterocycles. The van der Waals surface area contributed by atoms with E-state index < -0.39 is 17.2 Å². The van der Waals surface area contributed by atoms with Crippen LogP contribution < -0.4 is 5.32 Å². The second-order valence-corrected chi connectivity index (χ2v) is 8.59. The standard InChI is InChI=1S/C21H24F2N2OS/c1-21(2,26)10-9-17-6-7-18(27-17)14-25-11-3-4-16(13-25)24-15-5-8-19(22)20(23)12-15/h5-8,12,16,24,26H,3-4,11,13-14H2,1-2H3. The molecule has 0 radical (unpaired) electrons. The molecule has 3 rings (SSSR count). The maximum Gasteiger partial charge on any atom is 0.160 e. The summed E-state index contributed by atoms with van der Waals surface area (Å²) in [5.41, 5.74) is -0.378. The van der Waals surface area contributed by atoms with Gasteiger partial charge in [0.1, 0.15) is 5.60 Å². The van der Waals surface area contributed by atoms with Gasteiger partial charge in [-0.2, -0.15) is 0 Å². The maximum atomic E-state index is 13.4. The molecule has 1 saturated heterocycles. The average Bonchev–Trinajstić information content (AvgIpc) is 3.04. The van der Waals surface area contributed by atoms with Crippen molar-refractivity contribution >= 4 is 17.0 Å². The average molecular weight is 390 g/mol. The minimum Gasteiger partial charge on any atom is -0.381 e. The number of benzene rings is 1. The van der Waals surface area contributed by atoms with Crippen molar-refractivity contribution in [1.82, 2.24) is 4.90 Å². The van der Waals surface area contributed by atoms with Gasteiger partial charge in [-0.3, -0.25) is 4.90 Å². The monoisotopic (exact) mass is 390 g/mol. The molecule has 1 atom stereocenters. The maximum absolute atomic E-state index is 13.4. The number of halogens is 2. The van der Waals surface area contributed by atoms with Gasteiger partial charge in [-0.05, 0) is 57.5 Å². The zero-order valence-electron chi connectivity index (χ0n) is 15.6. The van der Waals surface area contributed by atoms with Gasteiger partial charge in [0.2, 0.25) is 0 Å². The molecule has 3 nitrogen and oxygen atoms in total. The van der Waals surface area contributed by atoms with Crippen LogP contribution in [0.15, 0.2) is 30.3 Å². The Hall–Kier alpha value is -1.94. The number of hydrogen-bond donors (Lipinski definition) is 2. The van der Waals surface area contributed by atoms with E-state index in [0.717, 1.165) is 43.4 Å². The lowest BCUT2D eigenvalue weighted by Gasteiger charge is -2.33. The van der Waals surface area contributed by atoms with Crippen LogP contribution in [0.2, 0.25) is 0 Å². The van der Waals surface area contributed by atoms with Gasteiger partial charge >= 0.3 is 0 Å². The Morgan fingerprint density at radius 2 is 2.07 bits per heavy atom. The number of thiophene rings is 1. The molecule has 1 fully saturated rings. The number of anilines is 1. The molecule has 2 N–H and O–H groups in total. The lowest BCUT2D eigenvalue weighted by atomic mass is 10.1. The molecule has 1 aliphatic rings. The summed E-state index contributed by atoms with van der Waals surface area (Å²) in [6.07, 6.45) is 2.06. The second kappa shape index (κ2) is 8.39. The molecule has 144 valence electrons. The summed E-state index contributed by atoms with van der Waals surface area (Å²) in [7, 11) is 0. The summed E-state index contributed by atoms with van der Waals surface area (Å²) < 4.78 is 26.5. The third-order valence-electron chi connectivity index (χ3n) is 4.33. The SMILES string of the molecule is CC(C)(O)C#Cc1ccc(CN2CCCC(Nc3ccc(F)c(F)c3)C2)s1. The minimum absolute atomic E-state index is 0.207. The first-order valence-electron chi connectivity index (χ1n) is 9.07. The van der Waals surface area contributed by atoms with E-state index in [1.165, 1.54) is 10.9 Å². The van der Waals surface area contributed by atoms with Gasteiger partial charge in [0, 0.05) is 35.8 Å². The highest BCUT2D eigenvalue weighted by atomic mass is 32.1. The Labute approximate surface area is 163 Å². The van der Waals surface area contributed by atoms with E-state index in [1.807, 2.05) is 6.07 Å². The molecule has 6 heteroatoms. The largest absolute Gasteiger partial charge is 0.381 e. The number of hydrogen-bond acceptors (Lipinski definition) is 4. The van der Waals surface area contributed by atoms with Crippen molar-refractivity contribution in [2.45, 2.75) is 44.9 Å². The van der Waals surface area contributed by atoms with Crippen LogP contribution in [0.5, 0.6) is 0 Å². The number of nitrogens with zero attached hydrogens (tertiary/aromatic N) is 1. The van der Waals surface area contributed by atoms with Gasteiger partial charge in [0.25, 0.3) is 0 Å². The van der Waals surface area contributed by atoms with Gasteiger partial charge in [-0.25, -0.2) is 8.78 Å². The van der Waals surface area contributed by atoms with Gasteiger partial charge < -0.3 is 10.4 Å². The van der Waals surface area contributed by atoms with Crippen LogP contribution in [0.3, 0.4) is 0 Å². The molecule has 2 aromatic rings. The van der Waals surface area contributed by atoms with Crippen LogP contribution in [0.25, 0.3) is 0 Å².